The van der Waals surface area contributed by atoms with E-state index in [4.69, 9.17) is 0 Å². The van der Waals surface area contributed by atoms with Crippen molar-refractivity contribution in [3.05, 3.63) is 35.4 Å². The van der Waals surface area contributed by atoms with Gasteiger partial charge in [-0.3, -0.25) is 4.79 Å². The van der Waals surface area contributed by atoms with E-state index < -0.39 is 0 Å². The maximum Gasteiger partial charge on any atom is 0.163 e. The molecule has 1 N–H and O–H groups in total. The van der Waals surface area contributed by atoms with Crippen molar-refractivity contribution in [3.63, 3.8) is 0 Å². The lowest BCUT2D eigenvalue weighted by molar-refractivity contribution is 0.0943. The second kappa shape index (κ2) is 8.98. The Kier molecular flexibility index (Phi) is 7.25. The van der Waals surface area contributed by atoms with Gasteiger partial charge in [-0.2, -0.15) is 0 Å². The highest BCUT2D eigenvalue weighted by Crippen LogP contribution is 2.30. The number of benzene rings is 1. The van der Waals surface area contributed by atoms with Crippen LogP contribution in [-0.4, -0.2) is 18.4 Å². The Hall–Kier alpha value is -1.15. The summed E-state index contributed by atoms with van der Waals surface area (Å²) < 4.78 is 0. The molecular weight excluding hydrogens is 306 g/mol. The van der Waals surface area contributed by atoms with Crippen LogP contribution in [0.1, 0.15) is 95.0 Å². The van der Waals surface area contributed by atoms with Crippen molar-refractivity contribution in [1.29, 1.82) is 0 Å². The Morgan fingerprint density at radius 2 is 1.92 bits per heavy atom. The first-order chi connectivity index (χ1) is 11.8. The Morgan fingerprint density at radius 1 is 1.20 bits per heavy atom. The maximum atomic E-state index is 12.9. The molecule has 0 spiro atoms. The molecule has 0 amide bonds. The minimum Gasteiger partial charge on any atom is -0.314 e. The molecule has 1 aliphatic carbocycles. The molecular formula is C23H37NO. The van der Waals surface area contributed by atoms with Crippen molar-refractivity contribution < 1.29 is 4.79 Å². The summed E-state index contributed by atoms with van der Waals surface area (Å²) in [5.41, 5.74) is 2.53. The lowest BCUT2D eigenvalue weighted by Gasteiger charge is -2.30. The molecule has 2 heteroatoms. The van der Waals surface area contributed by atoms with Crippen LogP contribution < -0.4 is 5.32 Å². The molecule has 0 heterocycles. The summed E-state index contributed by atoms with van der Waals surface area (Å²) >= 11 is 0. The predicted molar refractivity (Wildman–Crippen MR) is 107 cm³/mol. The summed E-state index contributed by atoms with van der Waals surface area (Å²) in [6, 6.07) is 8.75. The third kappa shape index (κ3) is 6.58. The number of carbonyl (C=O) groups excluding carboxylic acids is 1. The van der Waals surface area contributed by atoms with Crippen LogP contribution in [-0.2, 0) is 0 Å². The van der Waals surface area contributed by atoms with Crippen molar-refractivity contribution >= 4 is 5.78 Å². The molecule has 25 heavy (non-hydrogen) atoms. The van der Waals surface area contributed by atoms with E-state index in [1.165, 1.54) is 31.2 Å². The van der Waals surface area contributed by atoms with Crippen LogP contribution >= 0.6 is 0 Å². The van der Waals surface area contributed by atoms with E-state index in [0.717, 1.165) is 18.5 Å². The SMILES string of the molecule is CC(C)c1ccccc1C(=O)C[C@@H]1CCCC(NCCC(C)(C)C)C1. The van der Waals surface area contributed by atoms with Gasteiger partial charge in [0.05, 0.1) is 0 Å². The highest BCUT2D eigenvalue weighted by Gasteiger charge is 2.25. The summed E-state index contributed by atoms with van der Waals surface area (Å²) in [7, 11) is 0. The second-order valence-electron chi connectivity index (χ2n) is 9.36. The molecule has 0 saturated heterocycles. The van der Waals surface area contributed by atoms with Crippen molar-refractivity contribution in [1.82, 2.24) is 5.32 Å². The van der Waals surface area contributed by atoms with Crippen LogP contribution in [0.25, 0.3) is 0 Å². The molecule has 2 atom stereocenters. The van der Waals surface area contributed by atoms with Crippen LogP contribution in [0.3, 0.4) is 0 Å². The van der Waals surface area contributed by atoms with Gasteiger partial charge >= 0.3 is 0 Å². The molecule has 1 saturated carbocycles. The minimum atomic E-state index is 0.338. The fraction of sp³-hybridized carbons (Fsp3) is 0.696. The molecule has 2 nitrogen and oxygen atoms in total. The first-order valence-electron chi connectivity index (χ1n) is 10.1. The van der Waals surface area contributed by atoms with Crippen LogP contribution in [0, 0.1) is 11.3 Å². The second-order valence-corrected chi connectivity index (χ2v) is 9.36. The molecule has 1 aromatic carbocycles. The maximum absolute atomic E-state index is 12.9. The number of hydrogen-bond donors (Lipinski definition) is 1. The standard InChI is InChI=1S/C23H37NO/c1-17(2)20-11-6-7-12-21(20)22(25)16-18-9-8-10-19(15-18)24-14-13-23(3,4)5/h6-7,11-12,17-19,24H,8-10,13-16H2,1-5H3/t18-,19?/m1/s1. The van der Waals surface area contributed by atoms with Gasteiger partial charge in [0.25, 0.3) is 0 Å². The Morgan fingerprint density at radius 3 is 2.60 bits per heavy atom. The van der Waals surface area contributed by atoms with E-state index in [1.807, 2.05) is 18.2 Å². The van der Waals surface area contributed by atoms with Gasteiger partial charge in [0.15, 0.2) is 5.78 Å². The van der Waals surface area contributed by atoms with Gasteiger partial charge in [0.1, 0.15) is 0 Å². The zero-order valence-corrected chi connectivity index (χ0v) is 16.9. The van der Waals surface area contributed by atoms with Crippen LogP contribution in [0.2, 0.25) is 0 Å². The van der Waals surface area contributed by atoms with Crippen LogP contribution in [0.15, 0.2) is 24.3 Å². The van der Waals surface area contributed by atoms with Crippen LogP contribution in [0.5, 0.6) is 0 Å². The van der Waals surface area contributed by atoms with Crippen LogP contribution in [0.4, 0.5) is 0 Å². The molecule has 0 aromatic heterocycles. The lowest BCUT2D eigenvalue weighted by Crippen LogP contribution is -2.36. The average molecular weight is 344 g/mol. The number of ketones is 1. The van der Waals surface area contributed by atoms with Crippen molar-refractivity contribution in [2.45, 2.75) is 85.1 Å². The van der Waals surface area contributed by atoms with E-state index in [2.05, 4.69) is 46.0 Å². The molecule has 1 aromatic rings. The zero-order valence-electron chi connectivity index (χ0n) is 16.9. The van der Waals surface area contributed by atoms with E-state index >= 15 is 0 Å². The largest absolute Gasteiger partial charge is 0.314 e. The lowest BCUT2D eigenvalue weighted by atomic mass is 9.81. The predicted octanol–water partition coefficient (Wildman–Crippen LogP) is 5.97. The van der Waals surface area contributed by atoms with E-state index in [0.29, 0.717) is 35.5 Å². The third-order valence-corrected chi connectivity index (χ3v) is 5.45. The zero-order chi connectivity index (χ0) is 18.4. The molecule has 1 aliphatic rings. The Labute approximate surface area is 154 Å². The molecule has 2 rings (SSSR count). The van der Waals surface area contributed by atoms with Gasteiger partial charge in [-0.1, -0.05) is 65.3 Å². The molecule has 140 valence electrons. The quantitative estimate of drug-likeness (QED) is 0.618. The van der Waals surface area contributed by atoms with E-state index in [9.17, 15) is 4.79 Å². The number of hydrogen-bond acceptors (Lipinski definition) is 2. The fourth-order valence-corrected chi connectivity index (χ4v) is 3.94. The Balaban J connectivity index is 1.89. The van der Waals surface area contributed by atoms with Crippen molar-refractivity contribution in [2.75, 3.05) is 6.54 Å². The van der Waals surface area contributed by atoms with Gasteiger partial charge in [-0.05, 0) is 55.0 Å². The molecule has 0 aliphatic heterocycles. The molecule has 1 fully saturated rings. The number of rotatable bonds is 7. The van der Waals surface area contributed by atoms with Gasteiger partial charge in [-0.25, -0.2) is 0 Å². The highest BCUT2D eigenvalue weighted by atomic mass is 16.1. The van der Waals surface area contributed by atoms with Gasteiger partial charge < -0.3 is 5.32 Å². The molecule has 0 radical (unpaired) electrons. The molecule has 0 bridgehead atoms. The van der Waals surface area contributed by atoms with Crippen molar-refractivity contribution in [3.8, 4) is 0 Å². The summed E-state index contributed by atoms with van der Waals surface area (Å²) in [5, 5.41) is 3.74. The minimum absolute atomic E-state index is 0.338. The summed E-state index contributed by atoms with van der Waals surface area (Å²) in [4.78, 5) is 12.9. The summed E-state index contributed by atoms with van der Waals surface area (Å²) in [6.45, 7) is 12.3. The number of nitrogens with one attached hydrogen (secondary N) is 1. The first-order valence-corrected chi connectivity index (χ1v) is 10.1. The van der Waals surface area contributed by atoms with Gasteiger partial charge in [0, 0.05) is 18.0 Å². The summed E-state index contributed by atoms with van der Waals surface area (Å²) in [5.74, 6) is 1.27. The topological polar surface area (TPSA) is 29.1 Å². The number of carbonyl (C=O) groups is 1. The monoisotopic (exact) mass is 343 g/mol. The average Bonchev–Trinajstić information content (AvgIpc) is 2.54. The third-order valence-electron chi connectivity index (χ3n) is 5.45. The summed E-state index contributed by atoms with van der Waals surface area (Å²) in [6.07, 6.45) is 6.77. The fourth-order valence-electron chi connectivity index (χ4n) is 3.94. The first kappa shape index (κ1) is 20.2. The number of Topliss-reactive ketones (excluding diaryl/α,β-unsaturated/α-hetero) is 1. The smallest absolute Gasteiger partial charge is 0.163 e. The van der Waals surface area contributed by atoms with E-state index in [1.54, 1.807) is 0 Å². The Bertz CT molecular complexity index is 555. The van der Waals surface area contributed by atoms with E-state index in [-0.39, 0.29) is 0 Å². The van der Waals surface area contributed by atoms with Gasteiger partial charge in [-0.15, -0.1) is 0 Å². The molecule has 1 unspecified atom stereocenters. The van der Waals surface area contributed by atoms with Gasteiger partial charge in [0.2, 0.25) is 0 Å². The normalized spacial score (nSPS) is 21.5. The van der Waals surface area contributed by atoms with Crippen molar-refractivity contribution in [2.24, 2.45) is 11.3 Å². The highest BCUT2D eigenvalue weighted by molar-refractivity contribution is 5.97.